The Labute approximate surface area is 199 Å². The van der Waals surface area contributed by atoms with Crippen molar-refractivity contribution < 1.29 is 27.1 Å². The Morgan fingerprint density at radius 3 is 2.55 bits per heavy atom. The molecule has 1 aliphatic heterocycles. The zero-order chi connectivity index (χ0) is 23.6. The molecule has 3 aromatic carbocycles. The number of amides is 1. The first-order valence-corrected chi connectivity index (χ1v) is 11.9. The summed E-state index contributed by atoms with van der Waals surface area (Å²) in [5.41, 5.74) is -0.176. The molecule has 0 spiro atoms. The van der Waals surface area contributed by atoms with Crippen LogP contribution < -0.4 is 19.5 Å². The largest absolute Gasteiger partial charge is 0.486 e. The van der Waals surface area contributed by atoms with Crippen LogP contribution in [0.25, 0.3) is 0 Å². The third-order valence-electron chi connectivity index (χ3n) is 4.74. The van der Waals surface area contributed by atoms with Gasteiger partial charge in [0, 0.05) is 5.69 Å². The van der Waals surface area contributed by atoms with Gasteiger partial charge < -0.3 is 14.8 Å². The smallest absolute Gasteiger partial charge is 0.258 e. The lowest BCUT2D eigenvalue weighted by atomic mass is 10.2. The molecule has 2 N–H and O–H groups in total. The number of anilines is 1. The molecule has 7 nitrogen and oxygen atoms in total. The van der Waals surface area contributed by atoms with E-state index < -0.39 is 33.4 Å². The van der Waals surface area contributed by atoms with Crippen LogP contribution in [0.4, 0.5) is 10.1 Å². The molecule has 0 saturated carbocycles. The molecule has 4 rings (SSSR count). The van der Waals surface area contributed by atoms with Crippen LogP contribution in [0.3, 0.4) is 0 Å². The zero-order valence-electron chi connectivity index (χ0n) is 16.8. The van der Waals surface area contributed by atoms with Crippen molar-refractivity contribution in [2.24, 2.45) is 0 Å². The molecule has 0 radical (unpaired) electrons. The Kier molecular flexibility index (Phi) is 6.76. The van der Waals surface area contributed by atoms with Crippen molar-refractivity contribution in [1.82, 2.24) is 4.72 Å². The van der Waals surface area contributed by atoms with Crippen molar-refractivity contribution in [2.75, 3.05) is 18.5 Å². The molecule has 11 heteroatoms. The average Bonchev–Trinajstić information content (AvgIpc) is 2.80. The van der Waals surface area contributed by atoms with E-state index in [-0.39, 0.29) is 33.8 Å². The number of hydrogen-bond donors (Lipinski definition) is 2. The van der Waals surface area contributed by atoms with Gasteiger partial charge in [-0.05, 0) is 48.5 Å². The average molecular weight is 511 g/mol. The van der Waals surface area contributed by atoms with Crippen molar-refractivity contribution >= 4 is 44.8 Å². The summed E-state index contributed by atoms with van der Waals surface area (Å²) >= 11 is 11.8. The van der Waals surface area contributed by atoms with Crippen LogP contribution >= 0.6 is 23.2 Å². The summed E-state index contributed by atoms with van der Waals surface area (Å²) in [7, 11) is -4.07. The maximum atomic E-state index is 14.3. The van der Waals surface area contributed by atoms with Gasteiger partial charge in [-0.1, -0.05) is 35.3 Å². The van der Waals surface area contributed by atoms with Gasteiger partial charge in [-0.3, -0.25) is 4.79 Å². The Morgan fingerprint density at radius 1 is 1.03 bits per heavy atom. The first kappa shape index (κ1) is 23.3. The molecule has 1 atom stereocenters. The fraction of sp³-hybridized carbons (Fsp3) is 0.136. The fourth-order valence-corrected chi connectivity index (χ4v) is 4.46. The maximum absolute atomic E-state index is 14.3. The molecule has 0 fully saturated rings. The van der Waals surface area contributed by atoms with Gasteiger partial charge in [0.1, 0.15) is 18.5 Å². The lowest BCUT2D eigenvalue weighted by Crippen LogP contribution is -2.40. The van der Waals surface area contributed by atoms with E-state index >= 15 is 0 Å². The first-order chi connectivity index (χ1) is 15.7. The number of halogens is 3. The van der Waals surface area contributed by atoms with E-state index in [0.717, 1.165) is 18.2 Å². The van der Waals surface area contributed by atoms with E-state index in [1.807, 2.05) is 0 Å². The third-order valence-corrected chi connectivity index (χ3v) is 6.90. The minimum Gasteiger partial charge on any atom is -0.486 e. The zero-order valence-corrected chi connectivity index (χ0v) is 19.2. The highest BCUT2D eigenvalue weighted by Crippen LogP contribution is 2.31. The molecule has 0 aliphatic carbocycles. The standard InChI is InChI=1S/C22H17Cl2FN2O5S/c23-17-7-5-13(9-18(17)24)27-22(28)16-10-15(6-8-19(16)25)33(29,30)26-11-14-12-31-20-3-1-2-4-21(20)32-14/h1-10,14,26H,11-12H2,(H,27,28)/t14-/m1/s1. The molecule has 1 amide bonds. The summed E-state index contributed by atoms with van der Waals surface area (Å²) in [4.78, 5) is 12.3. The number of fused-ring (bicyclic) bond motifs is 1. The van der Waals surface area contributed by atoms with E-state index in [0.29, 0.717) is 11.5 Å². The van der Waals surface area contributed by atoms with Crippen molar-refractivity contribution in [1.29, 1.82) is 0 Å². The summed E-state index contributed by atoms with van der Waals surface area (Å²) in [6.45, 7) is 0.0686. The molecular formula is C22H17Cl2FN2O5S. The van der Waals surface area contributed by atoms with Gasteiger partial charge in [-0.2, -0.15) is 0 Å². The maximum Gasteiger partial charge on any atom is 0.258 e. The summed E-state index contributed by atoms with van der Waals surface area (Å²) in [5, 5.41) is 2.95. The molecule has 1 heterocycles. The summed E-state index contributed by atoms with van der Waals surface area (Å²) in [6.07, 6.45) is -0.562. The second-order valence-corrected chi connectivity index (χ2v) is 9.66. The summed E-state index contributed by atoms with van der Waals surface area (Å²) in [5.74, 6) is -0.639. The van der Waals surface area contributed by atoms with Crippen molar-refractivity contribution in [2.45, 2.75) is 11.0 Å². The number of sulfonamides is 1. The second-order valence-electron chi connectivity index (χ2n) is 7.07. The Balaban J connectivity index is 1.46. The lowest BCUT2D eigenvalue weighted by Gasteiger charge is -2.26. The fourth-order valence-electron chi connectivity index (χ4n) is 3.07. The van der Waals surface area contributed by atoms with Crippen LogP contribution in [-0.2, 0) is 10.0 Å². The van der Waals surface area contributed by atoms with Crippen LogP contribution in [0.15, 0.2) is 65.6 Å². The van der Waals surface area contributed by atoms with E-state index in [4.69, 9.17) is 32.7 Å². The molecule has 0 unspecified atom stereocenters. The first-order valence-electron chi connectivity index (χ1n) is 9.67. The van der Waals surface area contributed by atoms with Gasteiger partial charge in [-0.15, -0.1) is 0 Å². The minimum absolute atomic E-state index is 0.0845. The number of carbonyl (C=O) groups excluding carboxylic acids is 1. The normalized spacial score (nSPS) is 15.2. The van der Waals surface area contributed by atoms with Gasteiger partial charge in [0.25, 0.3) is 5.91 Å². The summed E-state index contributed by atoms with van der Waals surface area (Å²) < 4.78 is 53.5. The highest BCUT2D eigenvalue weighted by molar-refractivity contribution is 7.89. The Bertz CT molecular complexity index is 1320. The predicted molar refractivity (Wildman–Crippen MR) is 122 cm³/mol. The molecule has 172 valence electrons. The SMILES string of the molecule is O=C(Nc1ccc(Cl)c(Cl)c1)c1cc(S(=O)(=O)NC[C@@H]2COc3ccccc3O2)ccc1F. The topological polar surface area (TPSA) is 93.7 Å². The number of ether oxygens (including phenoxy) is 2. The van der Waals surface area contributed by atoms with Crippen molar-refractivity contribution in [3.8, 4) is 11.5 Å². The Hall–Kier alpha value is -2.85. The molecule has 33 heavy (non-hydrogen) atoms. The van der Waals surface area contributed by atoms with Gasteiger partial charge in [0.2, 0.25) is 10.0 Å². The van der Waals surface area contributed by atoms with Gasteiger partial charge in [0.05, 0.1) is 27.0 Å². The molecule has 0 bridgehead atoms. The minimum atomic E-state index is -4.07. The summed E-state index contributed by atoms with van der Waals surface area (Å²) in [6, 6.07) is 14.3. The number of hydrogen-bond acceptors (Lipinski definition) is 5. The number of para-hydroxylation sites is 2. The van der Waals surface area contributed by atoms with E-state index in [2.05, 4.69) is 10.0 Å². The van der Waals surface area contributed by atoms with Crippen molar-refractivity contribution in [3.05, 3.63) is 82.1 Å². The highest BCUT2D eigenvalue weighted by Gasteiger charge is 2.25. The monoisotopic (exact) mass is 510 g/mol. The molecular weight excluding hydrogens is 494 g/mol. The number of benzene rings is 3. The van der Waals surface area contributed by atoms with Crippen LogP contribution in [-0.4, -0.2) is 33.6 Å². The van der Waals surface area contributed by atoms with Gasteiger partial charge in [-0.25, -0.2) is 17.5 Å². The number of nitrogens with one attached hydrogen (secondary N) is 2. The van der Waals surface area contributed by atoms with Crippen LogP contribution in [0.1, 0.15) is 10.4 Å². The third kappa shape index (κ3) is 5.39. The number of carbonyl (C=O) groups is 1. The van der Waals surface area contributed by atoms with E-state index in [1.54, 1.807) is 24.3 Å². The number of rotatable bonds is 6. The quantitative estimate of drug-likeness (QED) is 0.509. The van der Waals surface area contributed by atoms with Gasteiger partial charge in [0.15, 0.2) is 11.5 Å². The van der Waals surface area contributed by atoms with Crippen LogP contribution in [0, 0.1) is 5.82 Å². The molecule has 0 saturated heterocycles. The second kappa shape index (κ2) is 9.56. The van der Waals surface area contributed by atoms with Crippen LogP contribution in [0.5, 0.6) is 11.5 Å². The van der Waals surface area contributed by atoms with Crippen LogP contribution in [0.2, 0.25) is 10.0 Å². The molecule has 0 aromatic heterocycles. The van der Waals surface area contributed by atoms with Crippen molar-refractivity contribution in [3.63, 3.8) is 0 Å². The predicted octanol–water partition coefficient (Wildman–Crippen LogP) is 4.50. The molecule has 3 aromatic rings. The highest BCUT2D eigenvalue weighted by atomic mass is 35.5. The molecule has 1 aliphatic rings. The Morgan fingerprint density at radius 2 is 1.79 bits per heavy atom. The van der Waals surface area contributed by atoms with E-state index in [9.17, 15) is 17.6 Å². The van der Waals surface area contributed by atoms with E-state index in [1.165, 1.54) is 18.2 Å². The lowest BCUT2D eigenvalue weighted by molar-refractivity contribution is 0.0943. The van der Waals surface area contributed by atoms with Gasteiger partial charge >= 0.3 is 0 Å².